The zero-order valence-electron chi connectivity index (χ0n) is 11.3. The monoisotopic (exact) mass is 254 g/mol. The molecule has 0 bridgehead atoms. The molecule has 0 saturated heterocycles. The highest BCUT2D eigenvalue weighted by atomic mass is 16.5. The number of hydrogen-bond donors (Lipinski definition) is 2. The summed E-state index contributed by atoms with van der Waals surface area (Å²) in [6.07, 6.45) is 4.03. The van der Waals surface area contributed by atoms with Crippen LogP contribution in [-0.4, -0.2) is 34.7 Å². The van der Waals surface area contributed by atoms with Crippen molar-refractivity contribution in [2.24, 2.45) is 0 Å². The van der Waals surface area contributed by atoms with Crippen LogP contribution in [-0.2, 0) is 11.2 Å². The first-order valence-electron chi connectivity index (χ1n) is 6.42. The van der Waals surface area contributed by atoms with Gasteiger partial charge in [0.05, 0.1) is 6.04 Å². The van der Waals surface area contributed by atoms with Crippen molar-refractivity contribution in [2.45, 2.75) is 52.1 Å². The van der Waals surface area contributed by atoms with Gasteiger partial charge in [0.1, 0.15) is 0 Å². The van der Waals surface area contributed by atoms with Gasteiger partial charge in [-0.25, -0.2) is 0 Å². The quantitative estimate of drug-likeness (QED) is 0.720. The molecular weight excluding hydrogens is 232 g/mol. The van der Waals surface area contributed by atoms with Crippen LogP contribution in [0.5, 0.6) is 0 Å². The lowest BCUT2D eigenvalue weighted by atomic mass is 10.2. The van der Waals surface area contributed by atoms with Gasteiger partial charge in [-0.1, -0.05) is 18.5 Å². The van der Waals surface area contributed by atoms with Crippen molar-refractivity contribution >= 4 is 5.91 Å². The van der Waals surface area contributed by atoms with E-state index in [0.717, 1.165) is 12.8 Å². The highest BCUT2D eigenvalue weighted by Gasteiger charge is 2.14. The Bertz CT molecular complexity index is 340. The Hall–Kier alpha value is -1.43. The summed E-state index contributed by atoms with van der Waals surface area (Å²) in [4.78, 5) is 15.7. The van der Waals surface area contributed by atoms with E-state index in [-0.39, 0.29) is 18.0 Å². The maximum absolute atomic E-state index is 11.8. The smallest absolute Gasteiger partial charge is 0.237 e. The van der Waals surface area contributed by atoms with E-state index in [1.54, 1.807) is 0 Å². The normalized spacial score (nSPS) is 14.2. The summed E-state index contributed by atoms with van der Waals surface area (Å²) in [6.45, 7) is 6.63. The van der Waals surface area contributed by atoms with E-state index in [1.807, 2.05) is 13.8 Å². The predicted octanol–water partition coefficient (Wildman–Crippen LogP) is 0.895. The van der Waals surface area contributed by atoms with Crippen LogP contribution in [0.2, 0.25) is 0 Å². The first kappa shape index (κ1) is 14.6. The Morgan fingerprint density at radius 3 is 2.89 bits per heavy atom. The van der Waals surface area contributed by atoms with Gasteiger partial charge in [-0.3, -0.25) is 4.79 Å². The number of carbonyl (C=O) groups excluding carboxylic acids is 1. The third-order valence-corrected chi connectivity index (χ3v) is 2.71. The Balaban J connectivity index is 2.19. The molecule has 102 valence electrons. The van der Waals surface area contributed by atoms with E-state index in [4.69, 9.17) is 0 Å². The standard InChI is InChI=1S/C12H22N4O2/c1-4-5-9(2)15-12(17)10(3)13-7-6-11-14-8-18-16-11/h8-10,13H,4-7H2,1-3H3,(H,15,17). The van der Waals surface area contributed by atoms with E-state index >= 15 is 0 Å². The molecule has 0 aliphatic rings. The van der Waals surface area contributed by atoms with Crippen molar-refractivity contribution in [2.75, 3.05) is 6.54 Å². The second kappa shape index (κ2) is 7.81. The fourth-order valence-corrected chi connectivity index (χ4v) is 1.67. The van der Waals surface area contributed by atoms with Gasteiger partial charge in [0, 0.05) is 19.0 Å². The number of nitrogens with zero attached hydrogens (tertiary/aromatic N) is 2. The van der Waals surface area contributed by atoms with E-state index < -0.39 is 0 Å². The Morgan fingerprint density at radius 1 is 1.50 bits per heavy atom. The van der Waals surface area contributed by atoms with Crippen LogP contribution in [0.3, 0.4) is 0 Å². The number of hydrogen-bond acceptors (Lipinski definition) is 5. The van der Waals surface area contributed by atoms with Crippen LogP contribution in [0, 0.1) is 0 Å². The van der Waals surface area contributed by atoms with Gasteiger partial charge in [-0.15, -0.1) is 0 Å². The van der Waals surface area contributed by atoms with Gasteiger partial charge in [0.15, 0.2) is 5.82 Å². The number of nitrogens with one attached hydrogen (secondary N) is 2. The molecule has 0 aliphatic carbocycles. The molecule has 0 aliphatic heterocycles. The molecule has 1 aromatic rings. The first-order valence-corrected chi connectivity index (χ1v) is 6.42. The molecule has 1 heterocycles. The number of amides is 1. The molecule has 0 radical (unpaired) electrons. The molecule has 6 heteroatoms. The summed E-state index contributed by atoms with van der Waals surface area (Å²) in [6, 6.07) is 0.0140. The maximum atomic E-state index is 11.8. The van der Waals surface area contributed by atoms with E-state index in [2.05, 4.69) is 32.2 Å². The first-order chi connectivity index (χ1) is 8.63. The second-order valence-electron chi connectivity index (χ2n) is 4.47. The zero-order chi connectivity index (χ0) is 13.4. The summed E-state index contributed by atoms with van der Waals surface area (Å²) in [7, 11) is 0. The molecule has 2 atom stereocenters. The van der Waals surface area contributed by atoms with E-state index in [0.29, 0.717) is 18.8 Å². The van der Waals surface area contributed by atoms with Crippen LogP contribution in [0.1, 0.15) is 39.4 Å². The predicted molar refractivity (Wildman–Crippen MR) is 68.0 cm³/mol. The minimum atomic E-state index is -0.212. The van der Waals surface area contributed by atoms with Crippen molar-refractivity contribution in [1.82, 2.24) is 20.8 Å². The molecule has 2 unspecified atom stereocenters. The topological polar surface area (TPSA) is 80.0 Å². The highest BCUT2D eigenvalue weighted by molar-refractivity contribution is 5.81. The molecule has 1 rings (SSSR count). The van der Waals surface area contributed by atoms with Gasteiger partial charge in [0.2, 0.25) is 12.3 Å². The average molecular weight is 254 g/mol. The minimum Gasteiger partial charge on any atom is -0.352 e. The molecule has 0 fully saturated rings. The van der Waals surface area contributed by atoms with Gasteiger partial charge >= 0.3 is 0 Å². The second-order valence-corrected chi connectivity index (χ2v) is 4.47. The molecular formula is C12H22N4O2. The summed E-state index contributed by atoms with van der Waals surface area (Å²) < 4.78 is 4.63. The van der Waals surface area contributed by atoms with Crippen molar-refractivity contribution in [1.29, 1.82) is 0 Å². The molecule has 2 N–H and O–H groups in total. The molecule has 0 spiro atoms. The van der Waals surface area contributed by atoms with E-state index in [9.17, 15) is 4.79 Å². The Morgan fingerprint density at radius 2 is 2.28 bits per heavy atom. The fourth-order valence-electron chi connectivity index (χ4n) is 1.67. The maximum Gasteiger partial charge on any atom is 0.237 e. The molecule has 1 amide bonds. The average Bonchev–Trinajstić information content (AvgIpc) is 2.82. The van der Waals surface area contributed by atoms with Crippen LogP contribution < -0.4 is 10.6 Å². The lowest BCUT2D eigenvalue weighted by Crippen LogP contribution is -2.45. The lowest BCUT2D eigenvalue weighted by Gasteiger charge is -2.17. The fraction of sp³-hybridized carbons (Fsp3) is 0.750. The van der Waals surface area contributed by atoms with Gasteiger partial charge < -0.3 is 15.2 Å². The molecule has 0 aromatic carbocycles. The van der Waals surface area contributed by atoms with E-state index in [1.165, 1.54) is 6.39 Å². The zero-order valence-corrected chi connectivity index (χ0v) is 11.3. The van der Waals surface area contributed by atoms with Crippen molar-refractivity contribution < 1.29 is 9.32 Å². The minimum absolute atomic E-state index is 0.0315. The largest absolute Gasteiger partial charge is 0.352 e. The summed E-state index contributed by atoms with van der Waals surface area (Å²) >= 11 is 0. The molecule has 18 heavy (non-hydrogen) atoms. The SMILES string of the molecule is CCCC(C)NC(=O)C(C)NCCc1ncon1. The van der Waals surface area contributed by atoms with Crippen molar-refractivity contribution in [3.8, 4) is 0 Å². The Labute approximate surface area is 108 Å². The van der Waals surface area contributed by atoms with Crippen molar-refractivity contribution in [3.63, 3.8) is 0 Å². The third kappa shape index (κ3) is 5.27. The van der Waals surface area contributed by atoms with Gasteiger partial charge in [-0.05, 0) is 20.3 Å². The summed E-state index contributed by atoms with van der Waals surface area (Å²) in [5, 5.41) is 9.81. The number of rotatable bonds is 8. The lowest BCUT2D eigenvalue weighted by molar-refractivity contribution is -0.123. The number of carbonyl (C=O) groups is 1. The van der Waals surface area contributed by atoms with Crippen LogP contribution in [0.4, 0.5) is 0 Å². The van der Waals surface area contributed by atoms with Crippen LogP contribution in [0.15, 0.2) is 10.9 Å². The van der Waals surface area contributed by atoms with Gasteiger partial charge in [-0.2, -0.15) is 4.98 Å². The highest BCUT2D eigenvalue weighted by Crippen LogP contribution is 1.96. The van der Waals surface area contributed by atoms with Crippen molar-refractivity contribution in [3.05, 3.63) is 12.2 Å². The molecule has 1 aromatic heterocycles. The van der Waals surface area contributed by atoms with Crippen LogP contribution >= 0.6 is 0 Å². The van der Waals surface area contributed by atoms with Crippen LogP contribution in [0.25, 0.3) is 0 Å². The van der Waals surface area contributed by atoms with Gasteiger partial charge in [0.25, 0.3) is 0 Å². The summed E-state index contributed by atoms with van der Waals surface area (Å²) in [5.41, 5.74) is 0. The molecule has 6 nitrogen and oxygen atoms in total. The Kier molecular flexibility index (Phi) is 6.35. The molecule has 0 saturated carbocycles. The third-order valence-electron chi connectivity index (χ3n) is 2.71. The number of aromatic nitrogens is 2. The summed E-state index contributed by atoms with van der Waals surface area (Å²) in [5.74, 6) is 0.679.